The largest absolute Gasteiger partial charge is 0.385 e. The lowest BCUT2D eigenvalue weighted by Gasteiger charge is -2.19. The normalized spacial score (nSPS) is 15.2. The third kappa shape index (κ3) is 12.7. The molecular formula is C16H34O7S2. The topological polar surface area (TPSA) is 118 Å². The molecule has 0 heterocycles. The molecule has 0 aromatic rings. The van der Waals surface area contributed by atoms with Crippen LogP contribution in [-0.2, 0) is 25.0 Å². The van der Waals surface area contributed by atoms with Gasteiger partial charge in [0.25, 0.3) is 20.2 Å². The molecule has 0 radical (unpaired) electrons. The van der Waals surface area contributed by atoms with Crippen molar-refractivity contribution in [3.8, 4) is 0 Å². The van der Waals surface area contributed by atoms with Gasteiger partial charge in [-0.25, -0.2) is 0 Å². The number of ether oxygens (including phenoxy) is 1. The van der Waals surface area contributed by atoms with E-state index in [9.17, 15) is 25.9 Å². The summed E-state index contributed by atoms with van der Waals surface area (Å²) in [6, 6.07) is 0. The Hall–Kier alpha value is -0.220. The van der Waals surface area contributed by atoms with E-state index in [4.69, 9.17) is 4.74 Å². The minimum Gasteiger partial charge on any atom is -0.385 e. The van der Waals surface area contributed by atoms with Crippen molar-refractivity contribution in [1.82, 2.24) is 0 Å². The molecule has 0 saturated carbocycles. The fourth-order valence-electron chi connectivity index (χ4n) is 2.85. The summed E-state index contributed by atoms with van der Waals surface area (Å²) in [5.74, 6) is 0. The summed E-state index contributed by atoms with van der Waals surface area (Å²) in [6.45, 7) is 2.45. The molecule has 7 nitrogen and oxygen atoms in total. The van der Waals surface area contributed by atoms with Crippen LogP contribution in [0, 0.1) is 0 Å². The van der Waals surface area contributed by atoms with Crippen molar-refractivity contribution in [3.63, 3.8) is 0 Å². The lowest BCUT2D eigenvalue weighted by atomic mass is 10.0. The van der Waals surface area contributed by atoms with Gasteiger partial charge in [0.05, 0.1) is 10.5 Å². The molecule has 0 rings (SSSR count). The molecule has 2 N–H and O–H groups in total. The van der Waals surface area contributed by atoms with E-state index >= 15 is 0 Å². The highest BCUT2D eigenvalue weighted by molar-refractivity contribution is 7.87. The van der Waals surface area contributed by atoms with Crippen molar-refractivity contribution >= 4 is 20.2 Å². The second-order valence-corrected chi connectivity index (χ2v) is 9.95. The number of hydrogen-bond acceptors (Lipinski definition) is 5. The second kappa shape index (κ2) is 13.0. The molecule has 9 heteroatoms. The van der Waals surface area contributed by atoms with Crippen LogP contribution in [0.1, 0.15) is 77.6 Å². The van der Waals surface area contributed by atoms with Crippen LogP contribution in [0.5, 0.6) is 0 Å². The maximum Gasteiger partial charge on any atom is 0.267 e. The van der Waals surface area contributed by atoms with Gasteiger partial charge < -0.3 is 4.74 Å². The lowest BCUT2D eigenvalue weighted by molar-refractivity contribution is 0.191. The first-order chi connectivity index (χ1) is 11.6. The Morgan fingerprint density at radius 3 is 1.64 bits per heavy atom. The highest BCUT2D eigenvalue weighted by atomic mass is 32.2. The molecule has 0 saturated heterocycles. The molecule has 0 aromatic heterocycles. The van der Waals surface area contributed by atoms with Crippen LogP contribution in [-0.4, -0.2) is 50.2 Å². The van der Waals surface area contributed by atoms with Crippen LogP contribution >= 0.6 is 0 Å². The van der Waals surface area contributed by atoms with Crippen LogP contribution in [0.3, 0.4) is 0 Å². The van der Waals surface area contributed by atoms with Crippen molar-refractivity contribution in [2.75, 3.05) is 13.7 Å². The molecule has 0 amide bonds. The molecule has 2 atom stereocenters. The van der Waals surface area contributed by atoms with Gasteiger partial charge in [-0.1, -0.05) is 51.9 Å². The van der Waals surface area contributed by atoms with Crippen LogP contribution in [0.4, 0.5) is 0 Å². The maximum atomic E-state index is 11.6. The molecule has 0 fully saturated rings. The Labute approximate surface area is 153 Å². The van der Waals surface area contributed by atoms with E-state index < -0.39 is 30.7 Å². The Kier molecular flexibility index (Phi) is 12.9. The summed E-state index contributed by atoms with van der Waals surface area (Å²) < 4.78 is 69.8. The molecule has 0 bridgehead atoms. The minimum absolute atomic E-state index is 0.0930. The Morgan fingerprint density at radius 2 is 1.20 bits per heavy atom. The van der Waals surface area contributed by atoms with Gasteiger partial charge in [-0.3, -0.25) is 9.11 Å². The van der Waals surface area contributed by atoms with Crippen molar-refractivity contribution in [2.45, 2.75) is 88.1 Å². The third-order valence-electron chi connectivity index (χ3n) is 4.37. The Morgan fingerprint density at radius 1 is 0.760 bits per heavy atom. The van der Waals surface area contributed by atoms with E-state index in [0.717, 1.165) is 32.1 Å². The van der Waals surface area contributed by atoms with Crippen molar-refractivity contribution in [3.05, 3.63) is 0 Å². The van der Waals surface area contributed by atoms with Gasteiger partial charge in [-0.2, -0.15) is 16.8 Å². The second-order valence-electron chi connectivity index (χ2n) is 6.55. The van der Waals surface area contributed by atoms with Crippen LogP contribution in [0.15, 0.2) is 0 Å². The van der Waals surface area contributed by atoms with Crippen molar-refractivity contribution < 1.29 is 30.7 Å². The van der Waals surface area contributed by atoms with Gasteiger partial charge >= 0.3 is 0 Å². The number of rotatable bonds is 16. The summed E-state index contributed by atoms with van der Waals surface area (Å²) in [7, 11) is -7.26. The maximum absolute atomic E-state index is 11.6. The molecule has 0 aliphatic carbocycles. The number of unbranched alkanes of at least 4 members (excludes halogenated alkanes) is 6. The Balaban J connectivity index is 4.58. The van der Waals surface area contributed by atoms with E-state index in [1.54, 1.807) is 0 Å². The predicted octanol–water partition coefficient (Wildman–Crippen LogP) is 3.46. The zero-order valence-corrected chi connectivity index (χ0v) is 17.0. The van der Waals surface area contributed by atoms with Gasteiger partial charge in [0, 0.05) is 13.7 Å². The molecular weight excluding hydrogens is 368 g/mol. The zero-order valence-electron chi connectivity index (χ0n) is 15.4. The summed E-state index contributed by atoms with van der Waals surface area (Å²) in [5, 5.41) is -2.38. The SMILES string of the molecule is CCCCCCCCCC(CC(CCCOC)S(=O)(=O)O)S(=O)(=O)O. The highest BCUT2D eigenvalue weighted by Crippen LogP contribution is 2.22. The van der Waals surface area contributed by atoms with Gasteiger partial charge in [-0.15, -0.1) is 0 Å². The fourth-order valence-corrected chi connectivity index (χ4v) is 4.86. The van der Waals surface area contributed by atoms with Crippen molar-refractivity contribution in [1.29, 1.82) is 0 Å². The molecule has 2 unspecified atom stereocenters. The Bertz CT molecular complexity index is 529. The van der Waals surface area contributed by atoms with Crippen molar-refractivity contribution in [2.24, 2.45) is 0 Å². The standard InChI is InChI=1S/C16H34O7S2/c1-3-4-5-6-7-8-9-11-15(24(17,18)19)14-16(25(20,21)22)12-10-13-23-2/h15-16H,3-14H2,1-2H3,(H,17,18,19)(H,20,21,22). The van der Waals surface area contributed by atoms with E-state index in [2.05, 4.69) is 6.92 Å². The average molecular weight is 403 g/mol. The smallest absolute Gasteiger partial charge is 0.267 e. The van der Waals surface area contributed by atoms with E-state index in [1.165, 1.54) is 13.5 Å². The van der Waals surface area contributed by atoms with E-state index in [-0.39, 0.29) is 19.3 Å². The van der Waals surface area contributed by atoms with E-state index in [1.807, 2.05) is 0 Å². The summed E-state index contributed by atoms with van der Waals surface area (Å²) in [4.78, 5) is 0. The van der Waals surface area contributed by atoms with Gasteiger partial charge in [-0.05, 0) is 25.7 Å². The first-order valence-corrected chi connectivity index (χ1v) is 12.0. The van der Waals surface area contributed by atoms with Gasteiger partial charge in [0.1, 0.15) is 0 Å². The first-order valence-electron chi connectivity index (χ1n) is 9.04. The highest BCUT2D eigenvalue weighted by Gasteiger charge is 2.32. The molecule has 0 aliphatic heterocycles. The average Bonchev–Trinajstić information content (AvgIpc) is 2.49. The fraction of sp³-hybridized carbons (Fsp3) is 1.00. The molecule has 152 valence electrons. The van der Waals surface area contributed by atoms with E-state index in [0.29, 0.717) is 19.4 Å². The first kappa shape index (κ1) is 24.8. The van der Waals surface area contributed by atoms with Crippen LogP contribution < -0.4 is 0 Å². The van der Waals surface area contributed by atoms with Gasteiger partial charge in [0.2, 0.25) is 0 Å². The molecule has 0 spiro atoms. The number of hydrogen-bond donors (Lipinski definition) is 2. The molecule has 25 heavy (non-hydrogen) atoms. The summed E-state index contributed by atoms with van der Waals surface area (Å²) in [5.41, 5.74) is 0. The number of methoxy groups -OCH3 is 1. The summed E-state index contributed by atoms with van der Waals surface area (Å²) in [6.07, 6.45) is 7.41. The van der Waals surface area contributed by atoms with Crippen LogP contribution in [0.25, 0.3) is 0 Å². The molecule has 0 aromatic carbocycles. The quantitative estimate of drug-likeness (QED) is 0.300. The third-order valence-corrected chi connectivity index (χ3v) is 6.91. The van der Waals surface area contributed by atoms with Crippen LogP contribution in [0.2, 0.25) is 0 Å². The predicted molar refractivity (Wildman–Crippen MR) is 99.0 cm³/mol. The zero-order chi connectivity index (χ0) is 19.3. The summed E-state index contributed by atoms with van der Waals surface area (Å²) >= 11 is 0. The van der Waals surface area contributed by atoms with Gasteiger partial charge in [0.15, 0.2) is 0 Å². The monoisotopic (exact) mass is 402 g/mol. The molecule has 0 aliphatic rings. The lowest BCUT2D eigenvalue weighted by Crippen LogP contribution is -2.31. The minimum atomic E-state index is -4.38.